The second-order valence-electron chi connectivity index (χ2n) is 5.39. The van der Waals surface area contributed by atoms with Gasteiger partial charge >= 0.3 is 6.18 Å². The number of nitrogens with zero attached hydrogens (tertiary/aromatic N) is 2. The summed E-state index contributed by atoms with van der Waals surface area (Å²) in [6.07, 6.45) is -2.16. The van der Waals surface area contributed by atoms with Gasteiger partial charge in [-0.2, -0.15) is 18.4 Å². The van der Waals surface area contributed by atoms with E-state index in [2.05, 4.69) is 17.9 Å². The summed E-state index contributed by atoms with van der Waals surface area (Å²) in [4.78, 5) is 2.05. The smallest absolute Gasteiger partial charge is 0.284 e. The van der Waals surface area contributed by atoms with E-state index < -0.39 is 17.8 Å². The molecule has 108 valence electrons. The molecule has 0 spiro atoms. The maximum absolute atomic E-state index is 12.5. The molecular formula is C15H17F3N2. The van der Waals surface area contributed by atoms with Crippen molar-refractivity contribution in [3.8, 4) is 6.07 Å². The summed E-state index contributed by atoms with van der Waals surface area (Å²) in [7, 11) is 0. The van der Waals surface area contributed by atoms with Gasteiger partial charge in [-0.25, -0.2) is 0 Å². The molecule has 20 heavy (non-hydrogen) atoms. The molecule has 2 nitrogen and oxygen atoms in total. The minimum Gasteiger partial charge on any atom is -0.284 e. The fourth-order valence-electron chi connectivity index (χ4n) is 2.68. The minimum atomic E-state index is -4.33. The number of hydrogen-bond donors (Lipinski definition) is 0. The van der Waals surface area contributed by atoms with Crippen molar-refractivity contribution >= 4 is 0 Å². The standard InChI is InChI=1S/C15H17F3N2/c1-11-3-2-8-20(10-11)14(9-19)12-4-6-13(7-5-12)15(16,17)18/h4-7,11,14H,2-3,8,10H2,1H3. The lowest BCUT2D eigenvalue weighted by Crippen LogP contribution is -2.36. The van der Waals surface area contributed by atoms with Crippen LogP contribution < -0.4 is 0 Å². The van der Waals surface area contributed by atoms with Gasteiger partial charge in [0.25, 0.3) is 0 Å². The Balaban J connectivity index is 2.18. The second-order valence-corrected chi connectivity index (χ2v) is 5.39. The largest absolute Gasteiger partial charge is 0.416 e. The summed E-state index contributed by atoms with van der Waals surface area (Å²) in [5, 5.41) is 9.33. The molecule has 0 amide bonds. The number of nitriles is 1. The highest BCUT2D eigenvalue weighted by atomic mass is 19.4. The molecule has 0 bridgehead atoms. The lowest BCUT2D eigenvalue weighted by molar-refractivity contribution is -0.137. The molecule has 1 aromatic carbocycles. The van der Waals surface area contributed by atoms with Gasteiger partial charge in [0.1, 0.15) is 6.04 Å². The van der Waals surface area contributed by atoms with Crippen LogP contribution in [0, 0.1) is 17.2 Å². The van der Waals surface area contributed by atoms with Gasteiger partial charge in [0.2, 0.25) is 0 Å². The first-order valence-electron chi connectivity index (χ1n) is 6.72. The average Bonchev–Trinajstić information content (AvgIpc) is 2.39. The van der Waals surface area contributed by atoms with E-state index in [9.17, 15) is 18.4 Å². The monoisotopic (exact) mass is 282 g/mol. The molecule has 2 atom stereocenters. The third kappa shape index (κ3) is 3.31. The van der Waals surface area contributed by atoms with Gasteiger partial charge in [-0.05, 0) is 43.0 Å². The van der Waals surface area contributed by atoms with E-state index in [-0.39, 0.29) is 0 Å². The van der Waals surface area contributed by atoms with Crippen LogP contribution in [0.25, 0.3) is 0 Å². The quantitative estimate of drug-likeness (QED) is 0.819. The third-order valence-electron chi connectivity index (χ3n) is 3.73. The van der Waals surface area contributed by atoms with Crippen LogP contribution in [0.5, 0.6) is 0 Å². The summed E-state index contributed by atoms with van der Waals surface area (Å²) >= 11 is 0. The van der Waals surface area contributed by atoms with Gasteiger partial charge < -0.3 is 0 Å². The molecule has 0 aliphatic carbocycles. The molecule has 0 N–H and O–H groups in total. The van der Waals surface area contributed by atoms with Crippen molar-refractivity contribution in [1.82, 2.24) is 4.90 Å². The maximum Gasteiger partial charge on any atom is 0.416 e. The Kier molecular flexibility index (Phi) is 4.34. The van der Waals surface area contributed by atoms with E-state index in [1.165, 1.54) is 12.1 Å². The fraction of sp³-hybridized carbons (Fsp3) is 0.533. The van der Waals surface area contributed by atoms with Gasteiger partial charge in [-0.3, -0.25) is 4.90 Å². The zero-order valence-corrected chi connectivity index (χ0v) is 11.3. The Morgan fingerprint density at radius 3 is 2.45 bits per heavy atom. The first kappa shape index (κ1) is 14.9. The SMILES string of the molecule is CC1CCCN(C(C#N)c2ccc(C(F)(F)F)cc2)C1. The molecule has 0 aromatic heterocycles. The van der Waals surface area contributed by atoms with E-state index in [4.69, 9.17) is 0 Å². The molecule has 1 heterocycles. The molecule has 2 unspecified atom stereocenters. The maximum atomic E-state index is 12.5. The number of benzene rings is 1. The predicted octanol–water partition coefficient (Wildman–Crippen LogP) is 4.00. The predicted molar refractivity (Wildman–Crippen MR) is 69.8 cm³/mol. The Morgan fingerprint density at radius 1 is 1.30 bits per heavy atom. The summed E-state index contributed by atoms with van der Waals surface area (Å²) in [6.45, 7) is 3.77. The lowest BCUT2D eigenvalue weighted by atomic mass is 9.96. The molecule has 0 radical (unpaired) electrons. The Labute approximate surface area is 116 Å². The summed E-state index contributed by atoms with van der Waals surface area (Å²) in [5.41, 5.74) is -0.0421. The Morgan fingerprint density at radius 2 is 1.95 bits per heavy atom. The van der Waals surface area contributed by atoms with Crippen molar-refractivity contribution in [3.05, 3.63) is 35.4 Å². The molecule has 5 heteroatoms. The summed E-state index contributed by atoms with van der Waals surface area (Å²) < 4.78 is 37.6. The van der Waals surface area contributed by atoms with E-state index in [1.54, 1.807) is 0 Å². The molecule has 1 aromatic rings. The Bertz CT molecular complexity index is 487. The summed E-state index contributed by atoms with van der Waals surface area (Å²) in [5.74, 6) is 0.522. The van der Waals surface area contributed by atoms with Crippen molar-refractivity contribution in [2.75, 3.05) is 13.1 Å². The normalized spacial score (nSPS) is 22.2. The first-order valence-corrected chi connectivity index (χ1v) is 6.72. The van der Waals surface area contributed by atoms with Crippen LogP contribution in [-0.2, 0) is 6.18 Å². The molecule has 1 aliphatic heterocycles. The van der Waals surface area contributed by atoms with Gasteiger partial charge in [0, 0.05) is 6.54 Å². The van der Waals surface area contributed by atoms with Crippen LogP contribution in [0.15, 0.2) is 24.3 Å². The van der Waals surface area contributed by atoms with Crippen molar-refractivity contribution < 1.29 is 13.2 Å². The number of alkyl halides is 3. The van der Waals surface area contributed by atoms with Crippen LogP contribution in [0.3, 0.4) is 0 Å². The number of rotatable bonds is 2. The first-order chi connectivity index (χ1) is 9.41. The van der Waals surface area contributed by atoms with Crippen molar-refractivity contribution in [2.45, 2.75) is 32.0 Å². The fourth-order valence-corrected chi connectivity index (χ4v) is 2.68. The minimum absolute atomic E-state index is 0.458. The third-order valence-corrected chi connectivity index (χ3v) is 3.73. The number of piperidine rings is 1. The van der Waals surface area contributed by atoms with Crippen LogP contribution in [0.2, 0.25) is 0 Å². The average molecular weight is 282 g/mol. The van der Waals surface area contributed by atoms with Gasteiger partial charge in [-0.15, -0.1) is 0 Å². The second kappa shape index (κ2) is 5.84. The van der Waals surface area contributed by atoms with E-state index in [0.29, 0.717) is 11.5 Å². The molecule has 1 saturated heterocycles. The van der Waals surface area contributed by atoms with Crippen molar-refractivity contribution in [3.63, 3.8) is 0 Å². The zero-order chi connectivity index (χ0) is 14.8. The van der Waals surface area contributed by atoms with Crippen LogP contribution in [0.4, 0.5) is 13.2 Å². The van der Waals surface area contributed by atoms with Crippen molar-refractivity contribution in [1.29, 1.82) is 5.26 Å². The van der Waals surface area contributed by atoms with Gasteiger partial charge in [0.15, 0.2) is 0 Å². The highest BCUT2D eigenvalue weighted by Gasteiger charge is 2.31. The summed E-state index contributed by atoms with van der Waals surface area (Å²) in [6, 6.07) is 6.68. The molecular weight excluding hydrogens is 265 g/mol. The molecule has 1 fully saturated rings. The lowest BCUT2D eigenvalue weighted by Gasteiger charge is -2.34. The van der Waals surface area contributed by atoms with E-state index in [1.807, 2.05) is 0 Å². The number of likely N-dealkylation sites (tertiary alicyclic amines) is 1. The number of hydrogen-bond acceptors (Lipinski definition) is 2. The van der Waals surface area contributed by atoms with Crippen molar-refractivity contribution in [2.24, 2.45) is 5.92 Å². The van der Waals surface area contributed by atoms with Crippen LogP contribution in [-0.4, -0.2) is 18.0 Å². The Hall–Kier alpha value is -1.54. The topological polar surface area (TPSA) is 27.0 Å². The molecule has 1 aliphatic rings. The molecule has 2 rings (SSSR count). The zero-order valence-electron chi connectivity index (χ0n) is 11.3. The molecule has 0 saturated carbocycles. The highest BCUT2D eigenvalue weighted by molar-refractivity contribution is 5.29. The highest BCUT2D eigenvalue weighted by Crippen LogP contribution is 2.31. The van der Waals surface area contributed by atoms with Crippen LogP contribution >= 0.6 is 0 Å². The van der Waals surface area contributed by atoms with Crippen LogP contribution in [0.1, 0.15) is 36.9 Å². The number of halogens is 3. The van der Waals surface area contributed by atoms with E-state index >= 15 is 0 Å². The van der Waals surface area contributed by atoms with Gasteiger partial charge in [-0.1, -0.05) is 19.1 Å². The van der Waals surface area contributed by atoms with E-state index in [0.717, 1.165) is 38.1 Å². The van der Waals surface area contributed by atoms with Gasteiger partial charge in [0.05, 0.1) is 11.6 Å².